The number of carbonyl (C=O) groups is 2. The van der Waals surface area contributed by atoms with Crippen molar-refractivity contribution in [3.8, 4) is 11.3 Å². The highest BCUT2D eigenvalue weighted by Gasteiger charge is 2.32. The van der Waals surface area contributed by atoms with Gasteiger partial charge in [0.25, 0.3) is 5.91 Å². The number of carboxylic acid groups (broad SMARTS) is 1. The summed E-state index contributed by atoms with van der Waals surface area (Å²) in [7, 11) is 0. The van der Waals surface area contributed by atoms with Crippen LogP contribution in [0.2, 0.25) is 0 Å². The summed E-state index contributed by atoms with van der Waals surface area (Å²) in [4.78, 5) is 33.9. The van der Waals surface area contributed by atoms with Gasteiger partial charge in [-0.25, -0.2) is 14.4 Å². The third-order valence-corrected chi connectivity index (χ3v) is 7.62. The topological polar surface area (TPSA) is 92.2 Å². The maximum Gasteiger partial charge on any atom is 0.303 e. The van der Waals surface area contributed by atoms with Crippen molar-refractivity contribution in [2.45, 2.75) is 57.4 Å². The Balaban J connectivity index is 1.40. The van der Waals surface area contributed by atoms with E-state index in [9.17, 15) is 14.0 Å². The van der Waals surface area contributed by atoms with Crippen LogP contribution >= 0.6 is 0 Å². The van der Waals surface area contributed by atoms with E-state index < -0.39 is 5.97 Å². The van der Waals surface area contributed by atoms with Crippen LogP contribution in [0.4, 0.5) is 4.39 Å². The molecule has 6 nitrogen and oxygen atoms in total. The molecule has 0 radical (unpaired) electrons. The van der Waals surface area contributed by atoms with Crippen LogP contribution in [-0.2, 0) is 11.2 Å². The number of aryl methyl sites for hydroxylation is 1. The van der Waals surface area contributed by atoms with Crippen molar-refractivity contribution in [1.29, 1.82) is 0 Å². The summed E-state index contributed by atoms with van der Waals surface area (Å²) < 4.78 is 13.5. The lowest BCUT2D eigenvalue weighted by Gasteiger charge is -2.36. The maximum atomic E-state index is 13.5. The van der Waals surface area contributed by atoms with Crippen LogP contribution in [0.1, 0.15) is 61.0 Å². The molecule has 38 heavy (non-hydrogen) atoms. The van der Waals surface area contributed by atoms with Gasteiger partial charge in [-0.1, -0.05) is 30.7 Å². The largest absolute Gasteiger partial charge is 0.481 e. The van der Waals surface area contributed by atoms with Crippen LogP contribution in [0.3, 0.4) is 0 Å². The zero-order valence-corrected chi connectivity index (χ0v) is 21.3. The zero-order valence-electron chi connectivity index (χ0n) is 21.3. The fourth-order valence-electron chi connectivity index (χ4n) is 5.64. The second-order valence-electron chi connectivity index (χ2n) is 10.2. The molecule has 3 aromatic rings. The number of nitrogens with zero attached hydrogens (tertiary/aromatic N) is 2. The average Bonchev–Trinajstić information content (AvgIpc) is 3.17. The smallest absolute Gasteiger partial charge is 0.303 e. The Morgan fingerprint density at radius 1 is 1.00 bits per heavy atom. The van der Waals surface area contributed by atoms with E-state index in [1.54, 1.807) is 30.3 Å². The number of fused-ring (bicyclic) bond motifs is 2. The number of nitrogens with one attached hydrogen (secondary N) is 1. The molecule has 0 aliphatic heterocycles. The molecule has 1 saturated carbocycles. The first-order valence-corrected chi connectivity index (χ1v) is 13.4. The van der Waals surface area contributed by atoms with E-state index in [4.69, 9.17) is 15.1 Å². The molecule has 1 fully saturated rings. The highest BCUT2D eigenvalue weighted by atomic mass is 19.1. The number of amides is 1. The lowest BCUT2D eigenvalue weighted by atomic mass is 9.74. The Morgan fingerprint density at radius 3 is 2.66 bits per heavy atom. The van der Waals surface area contributed by atoms with E-state index in [1.807, 2.05) is 0 Å². The lowest BCUT2D eigenvalue weighted by molar-refractivity contribution is -0.137. The van der Waals surface area contributed by atoms with Crippen molar-refractivity contribution in [1.82, 2.24) is 15.3 Å². The maximum absolute atomic E-state index is 13.5. The van der Waals surface area contributed by atoms with Crippen LogP contribution in [0.5, 0.6) is 0 Å². The van der Waals surface area contributed by atoms with Gasteiger partial charge in [0, 0.05) is 23.6 Å². The van der Waals surface area contributed by atoms with E-state index in [-0.39, 0.29) is 24.2 Å². The number of aromatic nitrogens is 2. The summed E-state index contributed by atoms with van der Waals surface area (Å²) in [6.45, 7) is 0. The Bertz CT molecular complexity index is 1380. The van der Waals surface area contributed by atoms with Crippen LogP contribution in [0.25, 0.3) is 22.3 Å². The Labute approximate surface area is 221 Å². The second-order valence-corrected chi connectivity index (χ2v) is 10.2. The number of benzene rings is 2. The molecule has 7 heteroatoms. The molecule has 0 spiro atoms. The SMILES string of the molecule is O=C(O)CCCCc1nc2cc(C(=O)NC3CCCC4C=CC=CCC43)ccc2nc1-c1ccc(F)cc1. The average molecular weight is 514 g/mol. The summed E-state index contributed by atoms with van der Waals surface area (Å²) in [5, 5.41) is 12.3. The van der Waals surface area contributed by atoms with Crippen molar-refractivity contribution < 1.29 is 19.1 Å². The number of unbranched alkanes of at least 4 members (excludes halogenated alkanes) is 1. The zero-order chi connectivity index (χ0) is 26.5. The molecule has 0 saturated heterocycles. The number of hydrogen-bond acceptors (Lipinski definition) is 4. The summed E-state index contributed by atoms with van der Waals surface area (Å²) in [5.41, 5.74) is 3.90. The molecule has 3 atom stereocenters. The lowest BCUT2D eigenvalue weighted by Crippen LogP contribution is -2.44. The number of halogens is 1. The van der Waals surface area contributed by atoms with E-state index in [0.717, 1.165) is 31.2 Å². The fourth-order valence-corrected chi connectivity index (χ4v) is 5.64. The summed E-state index contributed by atoms with van der Waals surface area (Å²) in [6.07, 6.45) is 14.6. The molecule has 2 aliphatic rings. The van der Waals surface area contributed by atoms with E-state index >= 15 is 0 Å². The van der Waals surface area contributed by atoms with Gasteiger partial charge in [-0.05, 0) is 92.8 Å². The van der Waals surface area contributed by atoms with Crippen molar-refractivity contribution >= 4 is 22.9 Å². The standard InChI is InChI=1S/C31H32FN3O3/c32-23-16-13-21(14-17-23)30-27(10-4-5-12-29(36)37)33-28-19-22(15-18-26(28)34-30)31(38)35-25-11-6-8-20-7-2-1-3-9-24(20)25/h1-3,7,13-20,24-25H,4-6,8-12H2,(H,35,38)(H,36,37). The number of carboxylic acids is 1. The monoisotopic (exact) mass is 513 g/mol. The van der Waals surface area contributed by atoms with Crippen LogP contribution in [0, 0.1) is 17.7 Å². The molecule has 3 unspecified atom stereocenters. The molecule has 5 rings (SSSR count). The van der Waals surface area contributed by atoms with Gasteiger partial charge in [0.1, 0.15) is 5.82 Å². The Hall–Kier alpha value is -3.87. The van der Waals surface area contributed by atoms with Crippen molar-refractivity contribution in [3.05, 3.63) is 83.8 Å². The predicted molar refractivity (Wildman–Crippen MR) is 145 cm³/mol. The first-order chi connectivity index (χ1) is 18.5. The van der Waals surface area contributed by atoms with Crippen molar-refractivity contribution in [2.75, 3.05) is 0 Å². The van der Waals surface area contributed by atoms with Crippen LogP contribution in [0.15, 0.2) is 66.8 Å². The number of hydrogen-bond donors (Lipinski definition) is 2. The highest BCUT2D eigenvalue weighted by Crippen LogP contribution is 2.35. The molecule has 2 aliphatic carbocycles. The number of carbonyl (C=O) groups excluding carboxylic acids is 1. The molecule has 1 aromatic heterocycles. The third-order valence-electron chi connectivity index (χ3n) is 7.62. The molecular formula is C31H32FN3O3. The van der Waals surface area contributed by atoms with Gasteiger partial charge >= 0.3 is 5.97 Å². The van der Waals surface area contributed by atoms with Gasteiger partial charge in [-0.2, -0.15) is 0 Å². The molecule has 2 aromatic carbocycles. The summed E-state index contributed by atoms with van der Waals surface area (Å²) in [6, 6.07) is 11.6. The van der Waals surface area contributed by atoms with Crippen molar-refractivity contribution in [2.24, 2.45) is 11.8 Å². The van der Waals surface area contributed by atoms with Crippen LogP contribution < -0.4 is 5.32 Å². The number of aliphatic carboxylic acids is 1. The molecule has 1 heterocycles. The fraction of sp³-hybridized carbons (Fsp3) is 0.355. The predicted octanol–water partition coefficient (Wildman–Crippen LogP) is 6.26. The van der Waals surface area contributed by atoms with Gasteiger partial charge in [-0.3, -0.25) is 9.59 Å². The normalized spacial score (nSPS) is 20.6. The van der Waals surface area contributed by atoms with Crippen molar-refractivity contribution in [3.63, 3.8) is 0 Å². The number of rotatable bonds is 8. The molecular weight excluding hydrogens is 481 g/mol. The quantitative estimate of drug-likeness (QED) is 0.347. The minimum Gasteiger partial charge on any atom is -0.481 e. The number of allylic oxidation sites excluding steroid dienone is 4. The Kier molecular flexibility index (Phi) is 7.91. The third kappa shape index (κ3) is 5.98. The van der Waals surface area contributed by atoms with E-state index in [0.29, 0.717) is 59.1 Å². The minimum absolute atomic E-state index is 0.0891. The second kappa shape index (κ2) is 11.7. The van der Waals surface area contributed by atoms with Gasteiger partial charge < -0.3 is 10.4 Å². The molecule has 0 bridgehead atoms. The van der Waals surface area contributed by atoms with Gasteiger partial charge in [-0.15, -0.1) is 0 Å². The first kappa shape index (κ1) is 25.8. The molecule has 196 valence electrons. The van der Waals surface area contributed by atoms with E-state index in [2.05, 4.69) is 29.6 Å². The molecule has 2 N–H and O–H groups in total. The summed E-state index contributed by atoms with van der Waals surface area (Å²) in [5.74, 6) is -0.383. The first-order valence-electron chi connectivity index (χ1n) is 13.4. The summed E-state index contributed by atoms with van der Waals surface area (Å²) >= 11 is 0. The Morgan fingerprint density at radius 2 is 1.84 bits per heavy atom. The minimum atomic E-state index is -0.829. The van der Waals surface area contributed by atoms with Gasteiger partial charge in [0.15, 0.2) is 0 Å². The van der Waals surface area contributed by atoms with Crippen LogP contribution in [-0.4, -0.2) is 33.0 Å². The van der Waals surface area contributed by atoms with Gasteiger partial charge in [0.05, 0.1) is 22.4 Å². The van der Waals surface area contributed by atoms with Gasteiger partial charge in [0.2, 0.25) is 0 Å². The highest BCUT2D eigenvalue weighted by molar-refractivity contribution is 5.97. The molecule has 1 amide bonds. The van der Waals surface area contributed by atoms with E-state index in [1.165, 1.54) is 12.1 Å².